The third kappa shape index (κ3) is 3.30. The number of rotatable bonds is 5. The van der Waals surface area contributed by atoms with Crippen LogP contribution in [0.15, 0.2) is 24.3 Å². The molecule has 0 saturated heterocycles. The Balaban J connectivity index is 2.91. The van der Waals surface area contributed by atoms with E-state index in [2.05, 4.69) is 0 Å². The van der Waals surface area contributed by atoms with Gasteiger partial charge in [-0.25, -0.2) is 4.79 Å². The molecule has 0 heterocycles. The van der Waals surface area contributed by atoms with Crippen molar-refractivity contribution in [3.63, 3.8) is 0 Å². The number of para-hydroxylation sites is 2. The van der Waals surface area contributed by atoms with Crippen LogP contribution in [0.3, 0.4) is 0 Å². The molecule has 0 fully saturated rings. The molecule has 5 nitrogen and oxygen atoms in total. The minimum Gasteiger partial charge on any atom is -0.423 e. The maximum atomic E-state index is 11.8. The standard InChI is InChI=1S/C13H18N2O3/c1-10(14(2)3)13(17)18-12-8-6-5-7-11(12)15(4)9-16/h5-10H,1-4H3/t10-/m0/s1. The number of ether oxygens (including phenoxy) is 1. The normalized spacial score (nSPS) is 12.1. The van der Waals surface area contributed by atoms with Crippen LogP contribution in [0.1, 0.15) is 6.92 Å². The second-order valence-electron chi connectivity index (χ2n) is 4.24. The van der Waals surface area contributed by atoms with Gasteiger partial charge in [-0.3, -0.25) is 9.69 Å². The maximum absolute atomic E-state index is 11.8. The molecule has 0 aromatic heterocycles. The van der Waals surface area contributed by atoms with E-state index in [1.165, 1.54) is 4.90 Å². The van der Waals surface area contributed by atoms with Crippen molar-refractivity contribution in [3.05, 3.63) is 24.3 Å². The second-order valence-corrected chi connectivity index (χ2v) is 4.24. The van der Waals surface area contributed by atoms with Gasteiger partial charge in [0.05, 0.1) is 5.69 Å². The first-order chi connectivity index (χ1) is 8.47. The molecule has 0 radical (unpaired) electrons. The Morgan fingerprint density at radius 1 is 1.28 bits per heavy atom. The van der Waals surface area contributed by atoms with Crippen LogP contribution >= 0.6 is 0 Å². The summed E-state index contributed by atoms with van der Waals surface area (Å²) >= 11 is 0. The quantitative estimate of drug-likeness (QED) is 0.446. The first kappa shape index (κ1) is 14.2. The van der Waals surface area contributed by atoms with Crippen molar-refractivity contribution < 1.29 is 14.3 Å². The Labute approximate surface area is 107 Å². The van der Waals surface area contributed by atoms with Crippen LogP contribution in [0, 0.1) is 0 Å². The molecular formula is C13H18N2O3. The van der Waals surface area contributed by atoms with E-state index < -0.39 is 0 Å². The number of esters is 1. The monoisotopic (exact) mass is 250 g/mol. The highest BCUT2D eigenvalue weighted by atomic mass is 16.5. The van der Waals surface area contributed by atoms with Crippen molar-refractivity contribution in [2.24, 2.45) is 0 Å². The number of nitrogens with zero attached hydrogens (tertiary/aromatic N) is 2. The summed E-state index contributed by atoms with van der Waals surface area (Å²) in [5.41, 5.74) is 0.562. The summed E-state index contributed by atoms with van der Waals surface area (Å²) < 4.78 is 5.31. The Bertz CT molecular complexity index is 432. The van der Waals surface area contributed by atoms with Crippen LogP contribution in [-0.4, -0.2) is 44.5 Å². The predicted molar refractivity (Wildman–Crippen MR) is 69.7 cm³/mol. The van der Waals surface area contributed by atoms with E-state index >= 15 is 0 Å². The maximum Gasteiger partial charge on any atom is 0.328 e. The smallest absolute Gasteiger partial charge is 0.328 e. The van der Waals surface area contributed by atoms with Crippen molar-refractivity contribution in [2.75, 3.05) is 26.0 Å². The fourth-order valence-electron chi connectivity index (χ4n) is 1.30. The van der Waals surface area contributed by atoms with Crippen LogP contribution < -0.4 is 9.64 Å². The van der Waals surface area contributed by atoms with E-state index in [-0.39, 0.29) is 12.0 Å². The van der Waals surface area contributed by atoms with Gasteiger partial charge >= 0.3 is 5.97 Å². The molecule has 0 saturated carbocycles. The molecule has 0 unspecified atom stereocenters. The molecule has 0 aliphatic carbocycles. The molecule has 0 aliphatic rings. The molecule has 0 bridgehead atoms. The Kier molecular flexibility index (Phi) is 4.85. The summed E-state index contributed by atoms with van der Waals surface area (Å²) in [5.74, 6) is 0.0255. The minimum atomic E-state index is -0.355. The molecule has 1 amide bonds. The zero-order valence-electron chi connectivity index (χ0n) is 11.1. The average Bonchev–Trinajstić information content (AvgIpc) is 2.37. The summed E-state index contributed by atoms with van der Waals surface area (Å²) in [6.07, 6.45) is 0.669. The Morgan fingerprint density at radius 2 is 1.89 bits per heavy atom. The first-order valence-electron chi connectivity index (χ1n) is 5.62. The van der Waals surface area contributed by atoms with E-state index in [9.17, 15) is 9.59 Å². The van der Waals surface area contributed by atoms with Gasteiger partial charge in [0.15, 0.2) is 5.75 Å². The number of hydrogen-bond donors (Lipinski definition) is 0. The van der Waals surface area contributed by atoms with Gasteiger partial charge in [-0.2, -0.15) is 0 Å². The number of benzene rings is 1. The second kappa shape index (κ2) is 6.16. The van der Waals surface area contributed by atoms with Crippen LogP contribution in [0.25, 0.3) is 0 Å². The largest absolute Gasteiger partial charge is 0.423 e. The van der Waals surface area contributed by atoms with E-state index in [0.29, 0.717) is 17.8 Å². The molecule has 5 heteroatoms. The highest BCUT2D eigenvalue weighted by Gasteiger charge is 2.19. The molecule has 1 aromatic rings. The molecule has 0 aliphatic heterocycles. The summed E-state index contributed by atoms with van der Waals surface area (Å²) in [4.78, 5) is 25.7. The van der Waals surface area contributed by atoms with E-state index in [0.717, 1.165) is 0 Å². The SMILES string of the molecule is C[C@@H](C(=O)Oc1ccccc1N(C)C=O)N(C)C. The number of carbonyl (C=O) groups excluding carboxylic acids is 2. The molecule has 18 heavy (non-hydrogen) atoms. The molecule has 1 rings (SSSR count). The fourth-order valence-corrected chi connectivity index (χ4v) is 1.30. The molecule has 1 aromatic carbocycles. The fraction of sp³-hybridized carbons (Fsp3) is 0.385. The molecule has 0 spiro atoms. The lowest BCUT2D eigenvalue weighted by Crippen LogP contribution is -2.36. The van der Waals surface area contributed by atoms with Gasteiger partial charge in [-0.05, 0) is 33.2 Å². The average molecular weight is 250 g/mol. The van der Waals surface area contributed by atoms with Crippen molar-refractivity contribution in [3.8, 4) is 5.75 Å². The van der Waals surface area contributed by atoms with Gasteiger partial charge < -0.3 is 9.64 Å². The molecule has 1 atom stereocenters. The summed E-state index contributed by atoms with van der Waals surface area (Å²) in [6, 6.07) is 6.57. The van der Waals surface area contributed by atoms with E-state index in [1.54, 1.807) is 57.2 Å². The van der Waals surface area contributed by atoms with Gasteiger partial charge in [0, 0.05) is 7.05 Å². The van der Waals surface area contributed by atoms with Crippen molar-refractivity contribution in [1.82, 2.24) is 4.90 Å². The Morgan fingerprint density at radius 3 is 2.44 bits per heavy atom. The number of carbonyl (C=O) groups is 2. The third-order valence-corrected chi connectivity index (χ3v) is 2.73. The van der Waals surface area contributed by atoms with Gasteiger partial charge in [0.25, 0.3) is 0 Å². The summed E-state index contributed by atoms with van der Waals surface area (Å²) in [5, 5.41) is 0. The molecule has 98 valence electrons. The number of hydrogen-bond acceptors (Lipinski definition) is 4. The molecular weight excluding hydrogens is 232 g/mol. The lowest BCUT2D eigenvalue weighted by Gasteiger charge is -2.20. The topological polar surface area (TPSA) is 49.9 Å². The predicted octanol–water partition coefficient (Wildman–Crippen LogP) is 1.13. The lowest BCUT2D eigenvalue weighted by molar-refractivity contribution is -0.138. The highest BCUT2D eigenvalue weighted by Crippen LogP contribution is 2.26. The van der Waals surface area contributed by atoms with E-state index in [1.807, 2.05) is 0 Å². The number of anilines is 1. The van der Waals surface area contributed by atoms with Crippen LogP contribution in [0.2, 0.25) is 0 Å². The third-order valence-electron chi connectivity index (χ3n) is 2.73. The van der Waals surface area contributed by atoms with Crippen LogP contribution in [0.4, 0.5) is 5.69 Å². The number of likely N-dealkylation sites (N-methyl/N-ethyl adjacent to an activating group) is 1. The van der Waals surface area contributed by atoms with Gasteiger partial charge in [-0.15, -0.1) is 0 Å². The van der Waals surface area contributed by atoms with Gasteiger partial charge in [0.2, 0.25) is 6.41 Å². The van der Waals surface area contributed by atoms with Crippen molar-refractivity contribution in [2.45, 2.75) is 13.0 Å². The summed E-state index contributed by atoms with van der Waals surface area (Å²) in [6.45, 7) is 1.76. The number of amides is 1. The van der Waals surface area contributed by atoms with Crippen LogP contribution in [-0.2, 0) is 9.59 Å². The van der Waals surface area contributed by atoms with Gasteiger partial charge in [0.1, 0.15) is 6.04 Å². The van der Waals surface area contributed by atoms with E-state index in [4.69, 9.17) is 4.74 Å². The zero-order valence-corrected chi connectivity index (χ0v) is 11.1. The van der Waals surface area contributed by atoms with Gasteiger partial charge in [-0.1, -0.05) is 12.1 Å². The summed E-state index contributed by atoms with van der Waals surface area (Å²) in [7, 11) is 5.21. The van der Waals surface area contributed by atoms with Crippen molar-refractivity contribution >= 4 is 18.1 Å². The molecule has 0 N–H and O–H groups in total. The highest BCUT2D eigenvalue weighted by molar-refractivity contribution is 5.83. The Hall–Kier alpha value is -1.88. The lowest BCUT2D eigenvalue weighted by atomic mass is 10.2. The van der Waals surface area contributed by atoms with Crippen LogP contribution in [0.5, 0.6) is 5.75 Å². The first-order valence-corrected chi connectivity index (χ1v) is 5.62. The zero-order chi connectivity index (χ0) is 13.7. The van der Waals surface area contributed by atoms with Crippen molar-refractivity contribution in [1.29, 1.82) is 0 Å². The minimum absolute atomic E-state index is 0.348.